The van der Waals surface area contributed by atoms with Gasteiger partial charge in [0.15, 0.2) is 0 Å². The van der Waals surface area contributed by atoms with Gasteiger partial charge in [-0.3, -0.25) is 4.79 Å². The number of amides is 1. The lowest BCUT2D eigenvalue weighted by Gasteiger charge is -2.06. The third-order valence-electron chi connectivity index (χ3n) is 3.88. The Balaban J connectivity index is 1.51. The molecule has 0 fully saturated rings. The second-order valence-electron chi connectivity index (χ2n) is 5.47. The van der Waals surface area contributed by atoms with E-state index in [-0.39, 0.29) is 5.91 Å². The lowest BCUT2D eigenvalue weighted by atomic mass is 10.2. The highest BCUT2D eigenvalue weighted by Gasteiger charge is 2.00. The summed E-state index contributed by atoms with van der Waals surface area (Å²) in [6, 6.07) is 17.9. The van der Waals surface area contributed by atoms with Crippen LogP contribution in [0.25, 0.3) is 17.0 Å². The van der Waals surface area contributed by atoms with Crippen LogP contribution in [0.3, 0.4) is 0 Å². The largest absolute Gasteiger partial charge is 0.497 e. The Kier molecular flexibility index (Phi) is 4.96. The zero-order chi connectivity index (χ0) is 16.8. The number of hydrogen-bond donors (Lipinski definition) is 1. The van der Waals surface area contributed by atoms with E-state index in [0.29, 0.717) is 6.54 Å². The van der Waals surface area contributed by atoms with Gasteiger partial charge in [0, 0.05) is 30.9 Å². The molecule has 0 spiro atoms. The van der Waals surface area contributed by atoms with Crippen molar-refractivity contribution in [1.29, 1.82) is 0 Å². The van der Waals surface area contributed by atoms with Crippen LogP contribution in [0.15, 0.2) is 66.9 Å². The third-order valence-corrected chi connectivity index (χ3v) is 3.88. The average Bonchev–Trinajstić information content (AvgIpc) is 3.04. The molecule has 122 valence electrons. The molecule has 1 N–H and O–H groups in total. The minimum Gasteiger partial charge on any atom is -0.497 e. The topological polar surface area (TPSA) is 43.3 Å². The molecule has 0 radical (unpaired) electrons. The van der Waals surface area contributed by atoms with E-state index >= 15 is 0 Å². The molecule has 2 aromatic carbocycles. The lowest BCUT2D eigenvalue weighted by molar-refractivity contribution is -0.116. The molecule has 1 aromatic heterocycles. The van der Waals surface area contributed by atoms with Gasteiger partial charge in [-0.25, -0.2) is 0 Å². The van der Waals surface area contributed by atoms with Gasteiger partial charge in [-0.15, -0.1) is 0 Å². The summed E-state index contributed by atoms with van der Waals surface area (Å²) in [5, 5.41) is 4.12. The maximum Gasteiger partial charge on any atom is 0.244 e. The maximum absolute atomic E-state index is 11.9. The van der Waals surface area contributed by atoms with E-state index in [4.69, 9.17) is 4.74 Å². The molecule has 0 unspecified atom stereocenters. The quantitative estimate of drug-likeness (QED) is 0.707. The van der Waals surface area contributed by atoms with E-state index in [0.717, 1.165) is 17.9 Å². The summed E-state index contributed by atoms with van der Waals surface area (Å²) in [6.07, 6.45) is 5.39. The second kappa shape index (κ2) is 7.51. The molecule has 0 atom stereocenters. The fourth-order valence-electron chi connectivity index (χ4n) is 2.58. The van der Waals surface area contributed by atoms with Crippen molar-refractivity contribution in [2.24, 2.45) is 0 Å². The molecule has 3 aromatic rings. The van der Waals surface area contributed by atoms with Crippen LogP contribution in [0, 0.1) is 0 Å². The fraction of sp³-hybridized carbons (Fsp3) is 0.150. The predicted octanol–water partition coefficient (Wildman–Crippen LogP) is 3.48. The highest BCUT2D eigenvalue weighted by molar-refractivity contribution is 5.91. The van der Waals surface area contributed by atoms with Crippen LogP contribution in [0.5, 0.6) is 5.75 Å². The van der Waals surface area contributed by atoms with Crippen molar-refractivity contribution >= 4 is 22.9 Å². The number of nitrogens with one attached hydrogen (secondary N) is 1. The van der Waals surface area contributed by atoms with Crippen molar-refractivity contribution in [1.82, 2.24) is 9.88 Å². The molecule has 0 aliphatic rings. The van der Waals surface area contributed by atoms with Crippen molar-refractivity contribution in [3.63, 3.8) is 0 Å². The van der Waals surface area contributed by atoms with Gasteiger partial charge < -0.3 is 14.6 Å². The number of nitrogens with zero attached hydrogens (tertiary/aromatic N) is 1. The number of aromatic nitrogens is 1. The zero-order valence-electron chi connectivity index (χ0n) is 13.6. The van der Waals surface area contributed by atoms with Crippen molar-refractivity contribution in [3.05, 3.63) is 72.4 Å². The molecule has 4 heteroatoms. The summed E-state index contributed by atoms with van der Waals surface area (Å²) < 4.78 is 7.25. The summed E-state index contributed by atoms with van der Waals surface area (Å²) in [7, 11) is 1.63. The molecular formula is C20H20N2O2. The van der Waals surface area contributed by atoms with E-state index in [1.165, 1.54) is 10.9 Å². The first kappa shape index (κ1) is 15.9. The molecule has 24 heavy (non-hydrogen) atoms. The maximum atomic E-state index is 11.9. The van der Waals surface area contributed by atoms with E-state index < -0.39 is 0 Å². The van der Waals surface area contributed by atoms with Crippen LogP contribution in [-0.4, -0.2) is 24.1 Å². The summed E-state index contributed by atoms with van der Waals surface area (Å²) in [4.78, 5) is 11.9. The highest BCUT2D eigenvalue weighted by Crippen LogP contribution is 2.14. The standard InChI is InChI=1S/C20H20N2O2/c1-24-18-9-6-16(7-10-18)8-11-20(23)21-13-15-22-14-12-17-4-2-3-5-19(17)22/h2-12,14H,13,15H2,1H3,(H,21,23)/b11-8+. The number of methoxy groups -OCH3 is 1. The Morgan fingerprint density at radius 3 is 2.71 bits per heavy atom. The number of ether oxygens (including phenoxy) is 1. The van der Waals surface area contributed by atoms with Crippen molar-refractivity contribution < 1.29 is 9.53 Å². The lowest BCUT2D eigenvalue weighted by Crippen LogP contribution is -2.25. The molecule has 3 rings (SSSR count). The summed E-state index contributed by atoms with van der Waals surface area (Å²) >= 11 is 0. The second-order valence-corrected chi connectivity index (χ2v) is 5.47. The molecule has 0 saturated heterocycles. The van der Waals surface area contributed by atoms with Crippen LogP contribution in [-0.2, 0) is 11.3 Å². The fourth-order valence-corrected chi connectivity index (χ4v) is 2.58. The first-order chi connectivity index (χ1) is 11.8. The normalized spacial score (nSPS) is 11.0. The number of fused-ring (bicyclic) bond motifs is 1. The van der Waals surface area contributed by atoms with Gasteiger partial charge in [-0.2, -0.15) is 0 Å². The average molecular weight is 320 g/mol. The van der Waals surface area contributed by atoms with Gasteiger partial charge >= 0.3 is 0 Å². The van der Waals surface area contributed by atoms with Crippen LogP contribution in [0.2, 0.25) is 0 Å². The van der Waals surface area contributed by atoms with E-state index in [1.807, 2.05) is 42.6 Å². The van der Waals surface area contributed by atoms with E-state index in [2.05, 4.69) is 28.1 Å². The SMILES string of the molecule is COc1ccc(/C=C/C(=O)NCCn2ccc3ccccc32)cc1. The first-order valence-electron chi connectivity index (χ1n) is 7.90. The Bertz CT molecular complexity index is 847. The monoisotopic (exact) mass is 320 g/mol. The van der Waals surface area contributed by atoms with Gasteiger partial charge in [-0.05, 0) is 41.3 Å². The molecule has 0 bridgehead atoms. The molecular weight excluding hydrogens is 300 g/mol. The molecule has 0 saturated carbocycles. The van der Waals surface area contributed by atoms with Gasteiger partial charge in [0.1, 0.15) is 5.75 Å². The molecule has 1 amide bonds. The number of carbonyl (C=O) groups excluding carboxylic acids is 1. The smallest absolute Gasteiger partial charge is 0.244 e. The van der Waals surface area contributed by atoms with Crippen LogP contribution < -0.4 is 10.1 Å². The number of rotatable bonds is 6. The summed E-state index contributed by atoms with van der Waals surface area (Å²) in [6.45, 7) is 1.33. The third kappa shape index (κ3) is 3.84. The summed E-state index contributed by atoms with van der Waals surface area (Å²) in [5.41, 5.74) is 2.14. The molecule has 0 aliphatic heterocycles. The Morgan fingerprint density at radius 1 is 1.12 bits per heavy atom. The van der Waals surface area contributed by atoms with Crippen LogP contribution in [0.1, 0.15) is 5.56 Å². The minimum atomic E-state index is -0.0951. The van der Waals surface area contributed by atoms with Gasteiger partial charge in [0.05, 0.1) is 7.11 Å². The van der Waals surface area contributed by atoms with Gasteiger partial charge in [-0.1, -0.05) is 30.3 Å². The van der Waals surface area contributed by atoms with Gasteiger partial charge in [0.25, 0.3) is 0 Å². The Labute approximate surface area is 141 Å². The Morgan fingerprint density at radius 2 is 1.92 bits per heavy atom. The van der Waals surface area contributed by atoms with Gasteiger partial charge in [0.2, 0.25) is 5.91 Å². The van der Waals surface area contributed by atoms with E-state index in [1.54, 1.807) is 19.3 Å². The first-order valence-corrected chi connectivity index (χ1v) is 7.90. The van der Waals surface area contributed by atoms with Crippen molar-refractivity contribution in [3.8, 4) is 5.75 Å². The van der Waals surface area contributed by atoms with Crippen LogP contribution in [0.4, 0.5) is 0 Å². The molecule has 1 heterocycles. The zero-order valence-corrected chi connectivity index (χ0v) is 13.6. The number of carbonyl (C=O) groups is 1. The van der Waals surface area contributed by atoms with Crippen LogP contribution >= 0.6 is 0 Å². The van der Waals surface area contributed by atoms with Crippen molar-refractivity contribution in [2.75, 3.05) is 13.7 Å². The number of para-hydroxylation sites is 1. The predicted molar refractivity (Wildman–Crippen MR) is 97.0 cm³/mol. The summed E-state index contributed by atoms with van der Waals surface area (Å²) in [5.74, 6) is 0.706. The molecule has 0 aliphatic carbocycles. The highest BCUT2D eigenvalue weighted by atomic mass is 16.5. The van der Waals surface area contributed by atoms with Crippen molar-refractivity contribution in [2.45, 2.75) is 6.54 Å². The van der Waals surface area contributed by atoms with E-state index in [9.17, 15) is 4.79 Å². The molecule has 4 nitrogen and oxygen atoms in total. The minimum absolute atomic E-state index is 0.0951. The Hall–Kier alpha value is -3.01. The number of benzene rings is 2. The number of hydrogen-bond acceptors (Lipinski definition) is 2.